The van der Waals surface area contributed by atoms with E-state index in [4.69, 9.17) is 0 Å². The third kappa shape index (κ3) is 3.15. The Labute approximate surface area is 124 Å². The lowest BCUT2D eigenvalue weighted by Gasteiger charge is -2.19. The highest BCUT2D eigenvalue weighted by atomic mass is 16.3. The van der Waals surface area contributed by atoms with Crippen molar-refractivity contribution in [3.05, 3.63) is 27.0 Å². The van der Waals surface area contributed by atoms with E-state index in [1.54, 1.807) is 13.8 Å². The van der Waals surface area contributed by atoms with Crippen LogP contribution in [0.1, 0.15) is 74.0 Å². The van der Waals surface area contributed by atoms with Gasteiger partial charge in [0.15, 0.2) is 5.78 Å². The van der Waals surface area contributed by atoms with E-state index in [1.165, 1.54) is 0 Å². The van der Waals surface area contributed by atoms with E-state index >= 15 is 0 Å². The second kappa shape index (κ2) is 7.07. The molecule has 0 aliphatic rings. The van der Waals surface area contributed by atoms with Crippen molar-refractivity contribution in [2.75, 3.05) is 0 Å². The largest absolute Gasteiger partial charge is 0.494 e. The van der Waals surface area contributed by atoms with Crippen LogP contribution >= 0.6 is 0 Å². The van der Waals surface area contributed by atoms with Crippen LogP contribution in [0, 0.1) is 18.3 Å². The lowest BCUT2D eigenvalue weighted by molar-refractivity contribution is 0.0974. The van der Waals surface area contributed by atoms with Crippen molar-refractivity contribution in [3.8, 4) is 11.9 Å². The molecule has 0 aliphatic carbocycles. The Morgan fingerprint density at radius 3 is 2.52 bits per heavy atom. The van der Waals surface area contributed by atoms with Gasteiger partial charge in [0.25, 0.3) is 5.56 Å². The predicted molar refractivity (Wildman–Crippen MR) is 80.7 cm³/mol. The van der Waals surface area contributed by atoms with E-state index in [0.717, 1.165) is 11.0 Å². The summed E-state index contributed by atoms with van der Waals surface area (Å²) in [4.78, 5) is 24.6. The number of carbonyl (C=O) groups is 1. The number of hydrogen-bond acceptors (Lipinski definition) is 4. The van der Waals surface area contributed by atoms with Gasteiger partial charge in [0, 0.05) is 12.5 Å². The fourth-order valence-electron chi connectivity index (χ4n) is 2.31. The highest BCUT2D eigenvalue weighted by Gasteiger charge is 2.25. The Bertz CT molecular complexity index is 638. The second-order valence-corrected chi connectivity index (χ2v) is 5.27. The quantitative estimate of drug-likeness (QED) is 0.816. The summed E-state index contributed by atoms with van der Waals surface area (Å²) in [5, 5.41) is 19.6. The van der Waals surface area contributed by atoms with E-state index < -0.39 is 5.56 Å². The van der Waals surface area contributed by atoms with Gasteiger partial charge in [-0.3, -0.25) is 14.2 Å². The number of carbonyl (C=O) groups excluding carboxylic acids is 1. The SMILES string of the molecule is CCCCC(=O)c1c(C)c(C#N)c(=O)n(C(C)CC)c1O. The van der Waals surface area contributed by atoms with Crippen LogP contribution in [0.15, 0.2) is 4.79 Å². The fourth-order valence-corrected chi connectivity index (χ4v) is 2.31. The molecular weight excluding hydrogens is 268 g/mol. The van der Waals surface area contributed by atoms with Gasteiger partial charge in [-0.1, -0.05) is 20.3 Å². The Kier molecular flexibility index (Phi) is 5.71. The molecule has 1 unspecified atom stereocenters. The van der Waals surface area contributed by atoms with Crippen molar-refractivity contribution in [3.63, 3.8) is 0 Å². The molecule has 1 N–H and O–H groups in total. The van der Waals surface area contributed by atoms with E-state index in [0.29, 0.717) is 19.3 Å². The monoisotopic (exact) mass is 290 g/mol. The number of hydrogen-bond donors (Lipinski definition) is 1. The van der Waals surface area contributed by atoms with Crippen LogP contribution < -0.4 is 5.56 Å². The molecule has 0 aliphatic heterocycles. The predicted octanol–water partition coefficient (Wildman–Crippen LogP) is 3.08. The fraction of sp³-hybridized carbons (Fsp3) is 0.562. The molecule has 0 saturated carbocycles. The van der Waals surface area contributed by atoms with Gasteiger partial charge in [0.1, 0.15) is 11.6 Å². The van der Waals surface area contributed by atoms with Gasteiger partial charge < -0.3 is 5.11 Å². The van der Waals surface area contributed by atoms with Crippen molar-refractivity contribution < 1.29 is 9.90 Å². The van der Waals surface area contributed by atoms with Gasteiger partial charge in [-0.2, -0.15) is 5.26 Å². The van der Waals surface area contributed by atoms with Gasteiger partial charge in [0.2, 0.25) is 5.88 Å². The van der Waals surface area contributed by atoms with Crippen molar-refractivity contribution in [2.45, 2.75) is 59.4 Å². The van der Waals surface area contributed by atoms with Gasteiger partial charge in [-0.15, -0.1) is 0 Å². The van der Waals surface area contributed by atoms with Gasteiger partial charge in [-0.05, 0) is 32.3 Å². The Hall–Kier alpha value is -2.09. The normalized spacial score (nSPS) is 12.0. The number of aromatic hydroxyl groups is 1. The average molecular weight is 290 g/mol. The summed E-state index contributed by atoms with van der Waals surface area (Å²) in [6.45, 7) is 7.17. The van der Waals surface area contributed by atoms with E-state index in [1.807, 2.05) is 19.9 Å². The first kappa shape index (κ1) is 17.0. The zero-order chi connectivity index (χ0) is 16.2. The summed E-state index contributed by atoms with van der Waals surface area (Å²) in [5.41, 5.74) is -0.206. The summed E-state index contributed by atoms with van der Waals surface area (Å²) in [6.07, 6.45) is 2.49. The van der Waals surface area contributed by atoms with Crippen LogP contribution in [0.25, 0.3) is 0 Å². The number of ketones is 1. The number of pyridine rings is 1. The van der Waals surface area contributed by atoms with Gasteiger partial charge in [-0.25, -0.2) is 0 Å². The summed E-state index contributed by atoms with van der Waals surface area (Å²) in [6, 6.07) is 1.59. The zero-order valence-electron chi connectivity index (χ0n) is 13.1. The molecule has 1 rings (SSSR count). The summed E-state index contributed by atoms with van der Waals surface area (Å²) in [7, 11) is 0. The molecule has 0 spiro atoms. The smallest absolute Gasteiger partial charge is 0.271 e. The molecule has 0 amide bonds. The average Bonchev–Trinajstić information content (AvgIpc) is 2.45. The molecule has 0 bridgehead atoms. The molecular formula is C16H22N2O3. The molecule has 0 saturated heterocycles. The molecule has 0 radical (unpaired) electrons. The molecule has 1 atom stereocenters. The standard InChI is InChI=1S/C16H22N2O3/c1-5-7-8-13(19)14-11(4)12(9-17)15(20)18(16(14)21)10(3)6-2/h10,21H,5-8H2,1-4H3. The van der Waals surface area contributed by atoms with Crippen LogP contribution in [0.5, 0.6) is 5.88 Å². The molecule has 0 fully saturated rings. The lowest BCUT2D eigenvalue weighted by Crippen LogP contribution is -2.28. The molecule has 5 heteroatoms. The van der Waals surface area contributed by atoms with E-state index in [-0.39, 0.29) is 34.4 Å². The van der Waals surface area contributed by atoms with Crippen LogP contribution in [-0.2, 0) is 0 Å². The van der Waals surface area contributed by atoms with Crippen LogP contribution in [-0.4, -0.2) is 15.5 Å². The maximum absolute atomic E-state index is 12.3. The lowest BCUT2D eigenvalue weighted by atomic mass is 9.98. The zero-order valence-corrected chi connectivity index (χ0v) is 13.1. The number of rotatable bonds is 6. The highest BCUT2D eigenvalue weighted by molar-refractivity contribution is 6.00. The molecule has 21 heavy (non-hydrogen) atoms. The summed E-state index contributed by atoms with van der Waals surface area (Å²) < 4.78 is 1.16. The molecule has 1 heterocycles. The number of Topliss-reactive ketones (excluding diaryl/α,β-unsaturated/α-hetero) is 1. The maximum Gasteiger partial charge on any atom is 0.271 e. The van der Waals surface area contributed by atoms with E-state index in [2.05, 4.69) is 0 Å². The number of aromatic nitrogens is 1. The van der Waals surface area contributed by atoms with Crippen molar-refractivity contribution in [2.24, 2.45) is 0 Å². The first-order chi connectivity index (χ1) is 9.90. The minimum atomic E-state index is -0.533. The topological polar surface area (TPSA) is 83.1 Å². The number of nitriles is 1. The third-order valence-corrected chi connectivity index (χ3v) is 3.81. The van der Waals surface area contributed by atoms with E-state index in [9.17, 15) is 20.0 Å². The second-order valence-electron chi connectivity index (χ2n) is 5.27. The Morgan fingerprint density at radius 2 is 2.05 bits per heavy atom. The summed E-state index contributed by atoms with van der Waals surface area (Å²) in [5.74, 6) is -0.535. The first-order valence-electron chi connectivity index (χ1n) is 7.31. The van der Waals surface area contributed by atoms with Gasteiger partial charge >= 0.3 is 0 Å². The third-order valence-electron chi connectivity index (χ3n) is 3.81. The maximum atomic E-state index is 12.3. The number of unbranched alkanes of at least 4 members (excludes halogenated alkanes) is 1. The molecule has 1 aromatic heterocycles. The molecule has 1 aromatic rings. The van der Waals surface area contributed by atoms with Crippen LogP contribution in [0.4, 0.5) is 0 Å². The minimum Gasteiger partial charge on any atom is -0.494 e. The van der Waals surface area contributed by atoms with Gasteiger partial charge in [0.05, 0.1) is 5.56 Å². The minimum absolute atomic E-state index is 0.0621. The molecule has 114 valence electrons. The Morgan fingerprint density at radius 1 is 1.43 bits per heavy atom. The molecule has 0 aromatic carbocycles. The first-order valence-corrected chi connectivity index (χ1v) is 7.31. The number of nitrogens with zero attached hydrogens (tertiary/aromatic N) is 2. The summed E-state index contributed by atoms with van der Waals surface area (Å²) >= 11 is 0. The van der Waals surface area contributed by atoms with Crippen molar-refractivity contribution in [1.29, 1.82) is 5.26 Å². The van der Waals surface area contributed by atoms with Crippen LogP contribution in [0.3, 0.4) is 0 Å². The van der Waals surface area contributed by atoms with Crippen molar-refractivity contribution in [1.82, 2.24) is 4.57 Å². The van der Waals surface area contributed by atoms with Crippen molar-refractivity contribution >= 4 is 5.78 Å². The molecule has 5 nitrogen and oxygen atoms in total. The Balaban J connectivity index is 3.62. The highest BCUT2D eigenvalue weighted by Crippen LogP contribution is 2.27. The van der Waals surface area contributed by atoms with Crippen LogP contribution in [0.2, 0.25) is 0 Å².